The van der Waals surface area contributed by atoms with Crippen LogP contribution in [0.5, 0.6) is 0 Å². The first kappa shape index (κ1) is 17.0. The van der Waals surface area contributed by atoms with Crippen molar-refractivity contribution in [1.29, 1.82) is 0 Å². The SMILES string of the molecule is O=C([C@H]1CC(=O)N(c2ccccc2Br)C1)N1CCC2(CC1)OCCO2. The quantitative estimate of drug-likeness (QED) is 0.752. The molecule has 0 radical (unpaired) electrons. The number of carbonyl (C=O) groups is 2. The second kappa shape index (κ2) is 6.70. The minimum atomic E-state index is -0.483. The van der Waals surface area contributed by atoms with Gasteiger partial charge in [0.05, 0.1) is 24.8 Å². The number of rotatable bonds is 2. The van der Waals surface area contributed by atoms with Crippen LogP contribution >= 0.6 is 15.9 Å². The summed E-state index contributed by atoms with van der Waals surface area (Å²) in [7, 11) is 0. The molecule has 3 aliphatic rings. The Morgan fingerprint density at radius 3 is 2.52 bits per heavy atom. The van der Waals surface area contributed by atoms with E-state index in [1.165, 1.54) is 0 Å². The summed E-state index contributed by atoms with van der Waals surface area (Å²) in [5, 5.41) is 0. The summed E-state index contributed by atoms with van der Waals surface area (Å²) < 4.78 is 12.3. The zero-order chi connectivity index (χ0) is 17.4. The molecular weight excluding hydrogens is 388 g/mol. The maximum Gasteiger partial charge on any atom is 0.228 e. The molecule has 25 heavy (non-hydrogen) atoms. The molecule has 0 bridgehead atoms. The van der Waals surface area contributed by atoms with Crippen molar-refractivity contribution in [2.24, 2.45) is 5.92 Å². The molecule has 6 nitrogen and oxygen atoms in total. The van der Waals surface area contributed by atoms with E-state index in [0.29, 0.717) is 45.7 Å². The van der Waals surface area contributed by atoms with E-state index < -0.39 is 5.79 Å². The molecule has 7 heteroatoms. The van der Waals surface area contributed by atoms with Crippen molar-refractivity contribution >= 4 is 33.4 Å². The van der Waals surface area contributed by atoms with E-state index in [1.54, 1.807) is 4.90 Å². The van der Waals surface area contributed by atoms with Crippen molar-refractivity contribution in [3.63, 3.8) is 0 Å². The Labute approximate surface area is 155 Å². The molecule has 3 saturated heterocycles. The van der Waals surface area contributed by atoms with E-state index in [2.05, 4.69) is 15.9 Å². The van der Waals surface area contributed by atoms with E-state index in [9.17, 15) is 9.59 Å². The topological polar surface area (TPSA) is 59.1 Å². The molecule has 3 fully saturated rings. The Morgan fingerprint density at radius 2 is 1.84 bits per heavy atom. The van der Waals surface area contributed by atoms with Gasteiger partial charge in [-0.3, -0.25) is 9.59 Å². The lowest BCUT2D eigenvalue weighted by Crippen LogP contribution is -2.49. The zero-order valence-electron chi connectivity index (χ0n) is 13.9. The molecule has 0 N–H and O–H groups in total. The van der Waals surface area contributed by atoms with Crippen LogP contribution in [0, 0.1) is 5.92 Å². The molecule has 0 aliphatic carbocycles. The Hall–Kier alpha value is -1.44. The average molecular weight is 409 g/mol. The van der Waals surface area contributed by atoms with Gasteiger partial charge in [-0.25, -0.2) is 0 Å². The molecule has 3 heterocycles. The number of likely N-dealkylation sites (tertiary alicyclic amines) is 1. The summed E-state index contributed by atoms with van der Waals surface area (Å²) in [5.41, 5.74) is 0.827. The van der Waals surface area contributed by atoms with Gasteiger partial charge in [-0.1, -0.05) is 12.1 Å². The first-order valence-electron chi connectivity index (χ1n) is 8.70. The molecule has 0 aromatic heterocycles. The number of halogens is 1. The van der Waals surface area contributed by atoms with Gasteiger partial charge in [0.15, 0.2) is 5.79 Å². The van der Waals surface area contributed by atoms with Gasteiger partial charge >= 0.3 is 0 Å². The monoisotopic (exact) mass is 408 g/mol. The molecule has 4 rings (SSSR count). The second-order valence-corrected chi connectivity index (χ2v) is 7.64. The van der Waals surface area contributed by atoms with E-state index >= 15 is 0 Å². The van der Waals surface area contributed by atoms with Crippen LogP contribution in [0.15, 0.2) is 28.7 Å². The maximum absolute atomic E-state index is 12.9. The Kier molecular flexibility index (Phi) is 4.56. The fourth-order valence-corrected chi connectivity index (χ4v) is 4.39. The molecule has 0 unspecified atom stereocenters. The predicted molar refractivity (Wildman–Crippen MR) is 95.1 cm³/mol. The predicted octanol–water partition coefficient (Wildman–Crippen LogP) is 2.17. The molecule has 0 saturated carbocycles. The number of amides is 2. The lowest BCUT2D eigenvalue weighted by atomic mass is 10.0. The van der Waals surface area contributed by atoms with Crippen LogP contribution in [-0.2, 0) is 19.1 Å². The third-order valence-corrected chi connectivity index (χ3v) is 5.94. The largest absolute Gasteiger partial charge is 0.347 e. The van der Waals surface area contributed by atoms with Crippen molar-refractivity contribution < 1.29 is 19.1 Å². The van der Waals surface area contributed by atoms with Crippen molar-refractivity contribution in [3.05, 3.63) is 28.7 Å². The van der Waals surface area contributed by atoms with E-state index in [0.717, 1.165) is 10.2 Å². The van der Waals surface area contributed by atoms with Crippen LogP contribution in [-0.4, -0.2) is 55.3 Å². The van der Waals surface area contributed by atoms with Gasteiger partial charge in [0.2, 0.25) is 11.8 Å². The fraction of sp³-hybridized carbons (Fsp3) is 0.556. The van der Waals surface area contributed by atoms with Gasteiger partial charge in [0.25, 0.3) is 0 Å². The lowest BCUT2D eigenvalue weighted by molar-refractivity contribution is -0.188. The fourth-order valence-electron chi connectivity index (χ4n) is 3.89. The van der Waals surface area contributed by atoms with Crippen LogP contribution in [0.25, 0.3) is 0 Å². The van der Waals surface area contributed by atoms with Crippen LogP contribution < -0.4 is 4.90 Å². The van der Waals surface area contributed by atoms with Crippen molar-refractivity contribution in [2.75, 3.05) is 37.7 Å². The number of nitrogens with zero attached hydrogens (tertiary/aromatic N) is 2. The number of hydrogen-bond acceptors (Lipinski definition) is 4. The molecule has 1 atom stereocenters. The minimum absolute atomic E-state index is 0.00110. The van der Waals surface area contributed by atoms with Crippen LogP contribution in [0.2, 0.25) is 0 Å². The van der Waals surface area contributed by atoms with Gasteiger partial charge in [-0.15, -0.1) is 0 Å². The van der Waals surface area contributed by atoms with E-state index in [1.807, 2.05) is 29.2 Å². The van der Waals surface area contributed by atoms with Crippen molar-refractivity contribution in [3.8, 4) is 0 Å². The molecule has 1 spiro atoms. The molecule has 1 aromatic rings. The third-order valence-electron chi connectivity index (χ3n) is 5.27. The summed E-state index contributed by atoms with van der Waals surface area (Å²) in [6, 6.07) is 7.61. The number of benzene rings is 1. The number of hydrogen-bond donors (Lipinski definition) is 0. The highest BCUT2D eigenvalue weighted by Gasteiger charge is 2.43. The molecule has 3 aliphatic heterocycles. The number of anilines is 1. The highest BCUT2D eigenvalue weighted by atomic mass is 79.9. The summed E-state index contributed by atoms with van der Waals surface area (Å²) in [5.74, 6) is -0.695. The number of piperidine rings is 1. The summed E-state index contributed by atoms with van der Waals surface area (Å²) >= 11 is 3.48. The van der Waals surface area contributed by atoms with Gasteiger partial charge in [-0.2, -0.15) is 0 Å². The molecule has 1 aromatic carbocycles. The molecule has 2 amide bonds. The van der Waals surface area contributed by atoms with Crippen molar-refractivity contribution in [1.82, 2.24) is 4.90 Å². The Bertz CT molecular complexity index is 679. The van der Waals surface area contributed by atoms with Gasteiger partial charge < -0.3 is 19.3 Å². The smallest absolute Gasteiger partial charge is 0.228 e. The van der Waals surface area contributed by atoms with E-state index in [4.69, 9.17) is 9.47 Å². The Morgan fingerprint density at radius 1 is 1.16 bits per heavy atom. The number of para-hydroxylation sites is 1. The number of ether oxygens (including phenoxy) is 2. The van der Waals surface area contributed by atoms with Gasteiger partial charge in [-0.05, 0) is 28.1 Å². The summed E-state index contributed by atoms with van der Waals surface area (Å²) in [6.07, 6.45) is 1.68. The van der Waals surface area contributed by atoms with Gasteiger partial charge in [0.1, 0.15) is 0 Å². The third kappa shape index (κ3) is 3.20. The first-order chi connectivity index (χ1) is 12.1. The zero-order valence-corrected chi connectivity index (χ0v) is 15.5. The summed E-state index contributed by atoms with van der Waals surface area (Å²) in [4.78, 5) is 28.9. The van der Waals surface area contributed by atoms with E-state index in [-0.39, 0.29) is 24.2 Å². The Balaban J connectivity index is 1.40. The van der Waals surface area contributed by atoms with Gasteiger partial charge in [0, 0.05) is 43.4 Å². The van der Waals surface area contributed by atoms with Crippen LogP contribution in [0.1, 0.15) is 19.3 Å². The number of carbonyl (C=O) groups excluding carboxylic acids is 2. The minimum Gasteiger partial charge on any atom is -0.347 e. The highest BCUT2D eigenvalue weighted by molar-refractivity contribution is 9.10. The lowest BCUT2D eigenvalue weighted by Gasteiger charge is -2.38. The van der Waals surface area contributed by atoms with Crippen molar-refractivity contribution in [2.45, 2.75) is 25.0 Å². The molecular formula is C18H21BrN2O4. The van der Waals surface area contributed by atoms with Crippen LogP contribution in [0.3, 0.4) is 0 Å². The first-order valence-corrected chi connectivity index (χ1v) is 9.49. The second-order valence-electron chi connectivity index (χ2n) is 6.79. The molecule has 134 valence electrons. The standard InChI is InChI=1S/C18H21BrN2O4/c19-14-3-1-2-4-15(14)21-12-13(11-16(21)22)17(23)20-7-5-18(6-8-20)24-9-10-25-18/h1-4,13H,5-12H2/t13-/m0/s1. The maximum atomic E-state index is 12.9. The highest BCUT2D eigenvalue weighted by Crippen LogP contribution is 2.34. The van der Waals surface area contributed by atoms with Crippen LogP contribution in [0.4, 0.5) is 5.69 Å². The summed E-state index contributed by atoms with van der Waals surface area (Å²) in [6.45, 7) is 2.95. The average Bonchev–Trinajstić information content (AvgIpc) is 3.23. The normalized spacial score (nSPS) is 25.8.